The van der Waals surface area contributed by atoms with Gasteiger partial charge < -0.3 is 10.1 Å². The zero-order chi connectivity index (χ0) is 20.3. The first-order valence-electron chi connectivity index (χ1n) is 8.51. The van der Waals surface area contributed by atoms with Gasteiger partial charge in [-0.25, -0.2) is 4.79 Å². The molecule has 1 amide bonds. The Morgan fingerprint density at radius 2 is 1.71 bits per heavy atom. The van der Waals surface area contributed by atoms with Crippen LogP contribution in [0.3, 0.4) is 0 Å². The monoisotopic (exact) mass is 393 g/mol. The van der Waals surface area contributed by atoms with Gasteiger partial charge in [-0.3, -0.25) is 13.9 Å². The van der Waals surface area contributed by atoms with E-state index in [0.717, 1.165) is 5.52 Å². The van der Waals surface area contributed by atoms with E-state index in [0.29, 0.717) is 5.52 Å². The van der Waals surface area contributed by atoms with E-state index >= 15 is 0 Å². The van der Waals surface area contributed by atoms with E-state index < -0.39 is 6.36 Å². The molecule has 3 rings (SSSR count). The van der Waals surface area contributed by atoms with E-state index in [1.807, 2.05) is 12.1 Å². The quantitative estimate of drug-likeness (QED) is 0.700. The number of benzene rings is 2. The molecule has 0 aliphatic carbocycles. The summed E-state index contributed by atoms with van der Waals surface area (Å²) in [6.45, 7) is 0.0439. The Kier molecular flexibility index (Phi) is 5.43. The lowest BCUT2D eigenvalue weighted by atomic mass is 10.2. The topological polar surface area (TPSA) is 65.3 Å². The molecule has 0 radical (unpaired) electrons. The second-order valence-corrected chi connectivity index (χ2v) is 6.16. The summed E-state index contributed by atoms with van der Waals surface area (Å²) in [5, 5.41) is 2.56. The van der Waals surface area contributed by atoms with E-state index in [9.17, 15) is 22.8 Å². The molecule has 0 bridgehead atoms. The maximum atomic E-state index is 12.5. The summed E-state index contributed by atoms with van der Waals surface area (Å²) in [5.74, 6) is -0.748. The summed E-state index contributed by atoms with van der Waals surface area (Å²) < 4.78 is 44.3. The highest BCUT2D eigenvalue weighted by molar-refractivity contribution is 5.78. The molecule has 0 atom stereocenters. The molecule has 9 heteroatoms. The average Bonchev–Trinajstić information content (AvgIpc) is 2.89. The molecule has 0 aliphatic heterocycles. The summed E-state index contributed by atoms with van der Waals surface area (Å²) in [6, 6.07) is 12.8. The number of halogens is 3. The van der Waals surface area contributed by atoms with E-state index in [1.165, 1.54) is 27.3 Å². The Balaban J connectivity index is 1.64. The number of rotatable bonds is 6. The number of aromatic nitrogens is 2. The van der Waals surface area contributed by atoms with Crippen LogP contribution >= 0.6 is 0 Å². The highest BCUT2D eigenvalue weighted by Gasteiger charge is 2.31. The van der Waals surface area contributed by atoms with Crippen LogP contribution in [0.5, 0.6) is 5.75 Å². The summed E-state index contributed by atoms with van der Waals surface area (Å²) in [4.78, 5) is 24.5. The second kappa shape index (κ2) is 7.79. The molecule has 0 spiro atoms. The van der Waals surface area contributed by atoms with Gasteiger partial charge in [-0.1, -0.05) is 30.3 Å². The molecule has 0 aliphatic rings. The first kappa shape index (κ1) is 19.5. The van der Waals surface area contributed by atoms with Gasteiger partial charge in [0.25, 0.3) is 0 Å². The number of ether oxygens (including phenoxy) is 1. The minimum atomic E-state index is -4.81. The lowest BCUT2D eigenvalue weighted by molar-refractivity contribution is -0.274. The van der Waals surface area contributed by atoms with Crippen LogP contribution in [-0.2, 0) is 24.9 Å². The number of nitrogens with zero attached hydrogens (tertiary/aromatic N) is 2. The van der Waals surface area contributed by atoms with Crippen molar-refractivity contribution in [3.05, 3.63) is 64.6 Å². The van der Waals surface area contributed by atoms with E-state index in [2.05, 4.69) is 10.1 Å². The number of aryl methyl sites for hydroxylation is 2. The van der Waals surface area contributed by atoms with Crippen molar-refractivity contribution in [3.63, 3.8) is 0 Å². The molecular weight excluding hydrogens is 375 g/mol. The Labute approximate surface area is 158 Å². The number of imidazole rings is 1. The number of para-hydroxylation sites is 3. The van der Waals surface area contributed by atoms with Gasteiger partial charge >= 0.3 is 12.1 Å². The number of carbonyl (C=O) groups is 1. The molecule has 2 aromatic carbocycles. The Hall–Kier alpha value is -3.23. The van der Waals surface area contributed by atoms with Crippen molar-refractivity contribution in [1.29, 1.82) is 0 Å². The number of amides is 1. The Morgan fingerprint density at radius 1 is 1.07 bits per heavy atom. The fourth-order valence-corrected chi connectivity index (χ4v) is 2.95. The van der Waals surface area contributed by atoms with Crippen LogP contribution in [0.15, 0.2) is 53.3 Å². The van der Waals surface area contributed by atoms with Gasteiger partial charge in [-0.2, -0.15) is 0 Å². The fourth-order valence-electron chi connectivity index (χ4n) is 2.95. The third-order valence-corrected chi connectivity index (χ3v) is 4.29. The number of fused-ring (bicyclic) bond motifs is 1. The minimum absolute atomic E-state index is 0.0101. The van der Waals surface area contributed by atoms with Crippen molar-refractivity contribution in [2.75, 3.05) is 0 Å². The molecule has 0 saturated carbocycles. The third-order valence-electron chi connectivity index (χ3n) is 4.29. The average molecular weight is 393 g/mol. The highest BCUT2D eigenvalue weighted by Crippen LogP contribution is 2.26. The first-order valence-corrected chi connectivity index (χ1v) is 8.51. The van der Waals surface area contributed by atoms with E-state index in [-0.39, 0.29) is 42.4 Å². The summed E-state index contributed by atoms with van der Waals surface area (Å²) in [6.07, 6.45) is -4.80. The van der Waals surface area contributed by atoms with Crippen LogP contribution in [0.4, 0.5) is 13.2 Å². The normalized spacial score (nSPS) is 11.6. The van der Waals surface area contributed by atoms with E-state index in [1.54, 1.807) is 25.2 Å². The molecule has 6 nitrogen and oxygen atoms in total. The fraction of sp³-hybridized carbons (Fsp3) is 0.263. The maximum absolute atomic E-state index is 12.5. The van der Waals surface area contributed by atoms with Gasteiger partial charge in [-0.05, 0) is 18.2 Å². The molecule has 148 valence electrons. The summed E-state index contributed by atoms with van der Waals surface area (Å²) >= 11 is 0. The second-order valence-electron chi connectivity index (χ2n) is 6.16. The molecule has 0 fully saturated rings. The minimum Gasteiger partial charge on any atom is -0.405 e. The predicted molar refractivity (Wildman–Crippen MR) is 96.8 cm³/mol. The highest BCUT2D eigenvalue weighted by atomic mass is 19.4. The van der Waals surface area contributed by atoms with Crippen molar-refractivity contribution in [2.45, 2.75) is 25.9 Å². The number of alkyl halides is 3. The van der Waals surface area contributed by atoms with Crippen LogP contribution in [0.25, 0.3) is 11.0 Å². The van der Waals surface area contributed by atoms with Crippen molar-refractivity contribution < 1.29 is 22.7 Å². The standard InChI is InChI=1S/C19H18F3N3O3/c1-24-14-7-3-4-8-15(14)25(18(24)27)11-10-17(26)23-12-13-6-2-5-9-16(13)28-19(20,21)22/h2-9H,10-12H2,1H3,(H,23,26). The largest absolute Gasteiger partial charge is 0.573 e. The summed E-state index contributed by atoms with van der Waals surface area (Å²) in [5.41, 5.74) is 1.44. The molecular formula is C19H18F3N3O3. The van der Waals surface area contributed by atoms with Crippen LogP contribution < -0.4 is 15.7 Å². The summed E-state index contributed by atoms with van der Waals surface area (Å²) in [7, 11) is 1.65. The Morgan fingerprint density at radius 3 is 2.43 bits per heavy atom. The number of nitrogens with one attached hydrogen (secondary N) is 1. The predicted octanol–water partition coefficient (Wildman–Crippen LogP) is 2.95. The van der Waals surface area contributed by atoms with Crippen molar-refractivity contribution in [1.82, 2.24) is 14.5 Å². The lowest BCUT2D eigenvalue weighted by Gasteiger charge is -2.13. The van der Waals surface area contributed by atoms with Crippen LogP contribution in [0.2, 0.25) is 0 Å². The van der Waals surface area contributed by atoms with Gasteiger partial charge in [-0.15, -0.1) is 13.2 Å². The van der Waals surface area contributed by atoms with Gasteiger partial charge in [0.15, 0.2) is 0 Å². The van der Waals surface area contributed by atoms with Crippen molar-refractivity contribution in [2.24, 2.45) is 7.05 Å². The van der Waals surface area contributed by atoms with Gasteiger partial charge in [0.2, 0.25) is 5.91 Å². The Bertz CT molecular complexity index is 1050. The zero-order valence-corrected chi connectivity index (χ0v) is 15.0. The molecule has 1 aromatic heterocycles. The first-order chi connectivity index (χ1) is 13.3. The molecule has 0 unspecified atom stereocenters. The van der Waals surface area contributed by atoms with Gasteiger partial charge in [0.05, 0.1) is 11.0 Å². The van der Waals surface area contributed by atoms with Crippen molar-refractivity contribution >= 4 is 16.9 Å². The molecule has 1 heterocycles. The molecule has 0 saturated heterocycles. The smallest absolute Gasteiger partial charge is 0.405 e. The van der Waals surface area contributed by atoms with Crippen LogP contribution in [-0.4, -0.2) is 21.4 Å². The SMILES string of the molecule is Cn1c(=O)n(CCC(=O)NCc2ccccc2OC(F)(F)F)c2ccccc21. The molecule has 1 N–H and O–H groups in total. The number of carbonyl (C=O) groups excluding carboxylic acids is 1. The van der Waals surface area contributed by atoms with Crippen LogP contribution in [0.1, 0.15) is 12.0 Å². The van der Waals surface area contributed by atoms with Crippen molar-refractivity contribution in [3.8, 4) is 5.75 Å². The zero-order valence-electron chi connectivity index (χ0n) is 15.0. The molecule has 28 heavy (non-hydrogen) atoms. The van der Waals surface area contributed by atoms with Gasteiger partial charge in [0, 0.05) is 32.1 Å². The lowest BCUT2D eigenvalue weighted by Crippen LogP contribution is -2.28. The maximum Gasteiger partial charge on any atom is 0.573 e. The number of hydrogen-bond donors (Lipinski definition) is 1. The van der Waals surface area contributed by atoms with E-state index in [4.69, 9.17) is 0 Å². The van der Waals surface area contributed by atoms with Gasteiger partial charge in [0.1, 0.15) is 5.75 Å². The molecule has 3 aromatic rings. The van der Waals surface area contributed by atoms with Crippen LogP contribution in [0, 0.1) is 0 Å². The third kappa shape index (κ3) is 4.36. The number of hydrogen-bond acceptors (Lipinski definition) is 3.